The number of hydrazine groups is 1. The molecule has 0 amide bonds. The average molecular weight is 378 g/mol. The van der Waals surface area contributed by atoms with Crippen LogP contribution in [-0.4, -0.2) is 31.6 Å². The number of methoxy groups -OCH3 is 1. The molecule has 1 aliphatic heterocycles. The minimum Gasteiger partial charge on any atom is -0.497 e. The van der Waals surface area contributed by atoms with E-state index in [1.165, 1.54) is 48.2 Å². The molecule has 0 atom stereocenters. The zero-order valence-corrected chi connectivity index (χ0v) is 16.8. The van der Waals surface area contributed by atoms with Gasteiger partial charge >= 0.3 is 0 Å². The highest BCUT2D eigenvalue weighted by Crippen LogP contribution is 2.34. The molecule has 148 valence electrons. The molecule has 1 aliphatic carbocycles. The Morgan fingerprint density at radius 1 is 1.07 bits per heavy atom. The van der Waals surface area contributed by atoms with E-state index in [4.69, 9.17) is 10.6 Å². The third kappa shape index (κ3) is 4.08. The van der Waals surface area contributed by atoms with Crippen LogP contribution in [-0.2, 0) is 6.42 Å². The molecule has 0 bridgehead atoms. The summed E-state index contributed by atoms with van der Waals surface area (Å²) in [6.07, 6.45) is 5.73. The highest BCUT2D eigenvalue weighted by Gasteiger charge is 2.23. The van der Waals surface area contributed by atoms with Crippen LogP contribution in [0.5, 0.6) is 5.75 Å². The van der Waals surface area contributed by atoms with Crippen LogP contribution < -0.4 is 16.0 Å². The van der Waals surface area contributed by atoms with Crippen molar-refractivity contribution in [2.75, 3.05) is 26.7 Å². The summed E-state index contributed by atoms with van der Waals surface area (Å²) in [6.45, 7) is 3.49. The van der Waals surface area contributed by atoms with E-state index in [0.29, 0.717) is 0 Å². The van der Waals surface area contributed by atoms with Gasteiger partial charge in [-0.25, -0.2) is 0 Å². The van der Waals surface area contributed by atoms with E-state index in [2.05, 4.69) is 52.8 Å². The van der Waals surface area contributed by atoms with Crippen LogP contribution in [0.2, 0.25) is 0 Å². The van der Waals surface area contributed by atoms with E-state index < -0.39 is 0 Å². The molecule has 0 unspecified atom stereocenters. The Morgan fingerprint density at radius 2 is 1.86 bits per heavy atom. The predicted octanol–water partition coefficient (Wildman–Crippen LogP) is 4.09. The number of nitrogens with two attached hydrogens (primary N) is 1. The van der Waals surface area contributed by atoms with E-state index in [0.717, 1.165) is 43.2 Å². The first-order chi connectivity index (χ1) is 13.8. The van der Waals surface area contributed by atoms with Crippen LogP contribution >= 0.6 is 0 Å². The Kier molecular flexibility index (Phi) is 5.98. The monoisotopic (exact) mass is 377 g/mol. The van der Waals surface area contributed by atoms with Gasteiger partial charge in [-0.05, 0) is 86.0 Å². The molecule has 4 rings (SSSR count). The normalized spacial score (nSPS) is 18.1. The van der Waals surface area contributed by atoms with E-state index >= 15 is 0 Å². The minimum absolute atomic E-state index is 0.717. The van der Waals surface area contributed by atoms with Crippen molar-refractivity contribution in [2.45, 2.75) is 38.0 Å². The van der Waals surface area contributed by atoms with E-state index in [-0.39, 0.29) is 0 Å². The lowest BCUT2D eigenvalue weighted by atomic mass is 9.87. The van der Waals surface area contributed by atoms with Crippen LogP contribution in [0.3, 0.4) is 0 Å². The standard InChI is InChI=1S/C24H31N3O/c1-28-22-9-10-23-21(17-22)8-7-20(24(23)26-25)13-16-27-14-11-19(12-15-27)18-5-3-2-4-6-18/h2-6,9-10,17,19,26H,7-8,11-16,25H2,1H3. The van der Waals surface area contributed by atoms with Gasteiger partial charge in [0.15, 0.2) is 0 Å². The lowest BCUT2D eigenvalue weighted by Gasteiger charge is -2.33. The number of hydrogen-bond acceptors (Lipinski definition) is 4. The van der Waals surface area contributed by atoms with Crippen LogP contribution in [0.25, 0.3) is 5.70 Å². The number of nitrogens with one attached hydrogen (secondary N) is 1. The maximum atomic E-state index is 5.92. The molecule has 2 aromatic rings. The van der Waals surface area contributed by atoms with Gasteiger partial charge in [0.1, 0.15) is 5.75 Å². The number of likely N-dealkylation sites (tertiary alicyclic amines) is 1. The average Bonchev–Trinajstić information content (AvgIpc) is 2.77. The molecule has 3 N–H and O–H groups in total. The van der Waals surface area contributed by atoms with Gasteiger partial charge in [0.25, 0.3) is 0 Å². The van der Waals surface area contributed by atoms with E-state index in [1.807, 2.05) is 6.07 Å². The van der Waals surface area contributed by atoms with Crippen LogP contribution in [0.1, 0.15) is 48.3 Å². The van der Waals surface area contributed by atoms with Crippen LogP contribution in [0, 0.1) is 0 Å². The van der Waals surface area contributed by atoms with Crippen molar-refractivity contribution in [2.24, 2.45) is 5.84 Å². The van der Waals surface area contributed by atoms with Crippen molar-refractivity contribution in [1.29, 1.82) is 0 Å². The molecule has 2 aromatic carbocycles. The summed E-state index contributed by atoms with van der Waals surface area (Å²) in [4.78, 5) is 2.62. The summed E-state index contributed by atoms with van der Waals surface area (Å²) < 4.78 is 5.37. The predicted molar refractivity (Wildman–Crippen MR) is 115 cm³/mol. The van der Waals surface area contributed by atoms with Gasteiger partial charge in [-0.1, -0.05) is 30.3 Å². The van der Waals surface area contributed by atoms with Crippen molar-refractivity contribution in [3.8, 4) is 5.75 Å². The Morgan fingerprint density at radius 3 is 2.57 bits per heavy atom. The first kappa shape index (κ1) is 19.0. The van der Waals surface area contributed by atoms with Gasteiger partial charge in [-0.15, -0.1) is 0 Å². The summed E-state index contributed by atoms with van der Waals surface area (Å²) in [5.74, 6) is 7.55. The fourth-order valence-electron chi connectivity index (χ4n) is 4.69. The summed E-state index contributed by atoms with van der Waals surface area (Å²) in [5.41, 5.74) is 9.59. The van der Waals surface area contributed by atoms with Crippen LogP contribution in [0.4, 0.5) is 0 Å². The first-order valence-corrected chi connectivity index (χ1v) is 10.4. The number of piperidine rings is 1. The number of aryl methyl sites for hydroxylation is 1. The highest BCUT2D eigenvalue weighted by atomic mass is 16.5. The minimum atomic E-state index is 0.717. The molecular weight excluding hydrogens is 346 g/mol. The maximum absolute atomic E-state index is 5.92. The molecule has 0 radical (unpaired) electrons. The second-order valence-corrected chi connectivity index (χ2v) is 7.92. The van der Waals surface area contributed by atoms with E-state index in [1.54, 1.807) is 7.11 Å². The van der Waals surface area contributed by atoms with Crippen molar-refractivity contribution in [3.05, 3.63) is 70.8 Å². The molecule has 2 aliphatic rings. The van der Waals surface area contributed by atoms with Crippen molar-refractivity contribution < 1.29 is 4.74 Å². The molecule has 4 nitrogen and oxygen atoms in total. The second-order valence-electron chi connectivity index (χ2n) is 7.92. The van der Waals surface area contributed by atoms with Crippen molar-refractivity contribution >= 4 is 5.70 Å². The fraction of sp³-hybridized carbons (Fsp3) is 0.417. The molecule has 0 saturated carbocycles. The highest BCUT2D eigenvalue weighted by molar-refractivity contribution is 5.72. The molecular formula is C24H31N3O. The van der Waals surface area contributed by atoms with Crippen molar-refractivity contribution in [3.63, 3.8) is 0 Å². The molecule has 1 saturated heterocycles. The number of nitrogens with zero attached hydrogens (tertiary/aromatic N) is 1. The number of ether oxygens (including phenoxy) is 1. The largest absolute Gasteiger partial charge is 0.497 e. The van der Waals surface area contributed by atoms with Gasteiger partial charge in [-0.3, -0.25) is 5.84 Å². The number of fused-ring (bicyclic) bond motifs is 1. The lowest BCUT2D eigenvalue weighted by Crippen LogP contribution is -2.34. The summed E-state index contributed by atoms with van der Waals surface area (Å²) in [5, 5.41) is 0. The topological polar surface area (TPSA) is 50.5 Å². The van der Waals surface area contributed by atoms with Gasteiger partial charge in [-0.2, -0.15) is 0 Å². The Hall–Kier alpha value is -2.30. The second kappa shape index (κ2) is 8.80. The van der Waals surface area contributed by atoms with Gasteiger partial charge in [0.05, 0.1) is 12.8 Å². The molecule has 0 aromatic heterocycles. The molecule has 28 heavy (non-hydrogen) atoms. The third-order valence-corrected chi connectivity index (χ3v) is 6.36. The Labute approximate surface area is 168 Å². The van der Waals surface area contributed by atoms with Gasteiger partial charge in [0.2, 0.25) is 0 Å². The fourth-order valence-corrected chi connectivity index (χ4v) is 4.69. The third-order valence-electron chi connectivity index (χ3n) is 6.36. The number of benzene rings is 2. The SMILES string of the molecule is COc1ccc2c(c1)CCC(CCN1CCC(c3ccccc3)CC1)=C2NN. The number of hydrogen-bond donors (Lipinski definition) is 2. The van der Waals surface area contributed by atoms with Gasteiger partial charge < -0.3 is 15.1 Å². The summed E-state index contributed by atoms with van der Waals surface area (Å²) in [6, 6.07) is 17.3. The summed E-state index contributed by atoms with van der Waals surface area (Å²) >= 11 is 0. The van der Waals surface area contributed by atoms with E-state index in [9.17, 15) is 0 Å². The summed E-state index contributed by atoms with van der Waals surface area (Å²) in [7, 11) is 1.72. The molecule has 0 spiro atoms. The van der Waals surface area contributed by atoms with Crippen molar-refractivity contribution in [1.82, 2.24) is 10.3 Å². The van der Waals surface area contributed by atoms with Crippen LogP contribution in [0.15, 0.2) is 54.1 Å². The molecule has 1 heterocycles. The number of rotatable bonds is 6. The molecule has 4 heteroatoms. The Bertz CT molecular complexity index is 823. The lowest BCUT2D eigenvalue weighted by molar-refractivity contribution is 0.214. The zero-order chi connectivity index (χ0) is 19.3. The zero-order valence-electron chi connectivity index (χ0n) is 16.8. The molecule has 1 fully saturated rings. The van der Waals surface area contributed by atoms with Gasteiger partial charge in [0, 0.05) is 12.1 Å². The quantitative estimate of drug-likeness (QED) is 0.588. The Balaban J connectivity index is 1.37. The smallest absolute Gasteiger partial charge is 0.119 e. The maximum Gasteiger partial charge on any atom is 0.119 e. The first-order valence-electron chi connectivity index (χ1n) is 10.4.